The van der Waals surface area contributed by atoms with Crippen molar-refractivity contribution in [3.8, 4) is 0 Å². The van der Waals surface area contributed by atoms with Gasteiger partial charge in [0.1, 0.15) is 0 Å². The van der Waals surface area contributed by atoms with Crippen LogP contribution in [0.15, 0.2) is 0 Å². The van der Waals surface area contributed by atoms with Gasteiger partial charge in [-0.2, -0.15) is 0 Å². The molecule has 0 aromatic carbocycles. The van der Waals surface area contributed by atoms with Gasteiger partial charge in [0.15, 0.2) is 0 Å². The van der Waals surface area contributed by atoms with Crippen molar-refractivity contribution in [2.24, 2.45) is 5.73 Å². The second kappa shape index (κ2) is 6.41. The van der Waals surface area contributed by atoms with Crippen LogP contribution in [0.3, 0.4) is 0 Å². The van der Waals surface area contributed by atoms with Crippen LogP contribution in [0.2, 0.25) is 0 Å². The summed E-state index contributed by atoms with van der Waals surface area (Å²) in [5, 5.41) is 3.21. The number of primary amides is 1. The quantitative estimate of drug-likeness (QED) is 0.783. The van der Waals surface area contributed by atoms with Crippen LogP contribution in [0.25, 0.3) is 0 Å². The summed E-state index contributed by atoms with van der Waals surface area (Å²) in [5.41, 5.74) is 5.16. The average Bonchev–Trinajstić information content (AvgIpc) is 2.47. The molecule has 5 heteroatoms. The van der Waals surface area contributed by atoms with E-state index in [2.05, 4.69) is 29.0 Å². The maximum atomic E-state index is 11.8. The lowest BCUT2D eigenvalue weighted by Crippen LogP contribution is -2.62. The lowest BCUT2D eigenvalue weighted by Gasteiger charge is -2.47. The van der Waals surface area contributed by atoms with Crippen molar-refractivity contribution in [2.75, 3.05) is 33.2 Å². The Morgan fingerprint density at radius 2 is 2.20 bits per heavy atom. The zero-order valence-corrected chi connectivity index (χ0v) is 13.2. The van der Waals surface area contributed by atoms with Crippen LogP contribution in [0, 0.1) is 0 Å². The van der Waals surface area contributed by atoms with Gasteiger partial charge in [0.25, 0.3) is 0 Å². The Morgan fingerprint density at radius 3 is 2.75 bits per heavy atom. The third-order valence-electron chi connectivity index (χ3n) is 5.39. The number of carbonyl (C=O) groups is 1. The Kier molecular flexibility index (Phi) is 5.04. The second-order valence-electron chi connectivity index (χ2n) is 6.42. The summed E-state index contributed by atoms with van der Waals surface area (Å²) >= 11 is 0. The highest BCUT2D eigenvalue weighted by atomic mass is 16.1. The molecule has 1 saturated heterocycles. The number of carbonyl (C=O) groups excluding carboxylic acids is 1. The van der Waals surface area contributed by atoms with E-state index in [0.717, 1.165) is 45.4 Å². The molecule has 116 valence electrons. The Labute approximate surface area is 122 Å². The second-order valence-corrected chi connectivity index (χ2v) is 6.42. The van der Waals surface area contributed by atoms with Crippen molar-refractivity contribution in [1.82, 2.24) is 15.1 Å². The zero-order chi connectivity index (χ0) is 14.8. The van der Waals surface area contributed by atoms with Crippen molar-refractivity contribution in [3.05, 3.63) is 0 Å². The van der Waals surface area contributed by atoms with E-state index in [1.807, 2.05) is 7.05 Å². The minimum absolute atomic E-state index is 0.190. The largest absolute Gasteiger partial charge is 0.368 e. The molecule has 0 bridgehead atoms. The van der Waals surface area contributed by atoms with E-state index in [9.17, 15) is 4.79 Å². The summed E-state index contributed by atoms with van der Waals surface area (Å²) in [4.78, 5) is 16.9. The number of nitrogens with zero attached hydrogens (tertiary/aromatic N) is 2. The molecule has 0 radical (unpaired) electrons. The Balaban J connectivity index is 2.01. The van der Waals surface area contributed by atoms with Gasteiger partial charge in [-0.05, 0) is 46.2 Å². The van der Waals surface area contributed by atoms with E-state index in [1.165, 1.54) is 6.42 Å². The minimum atomic E-state index is -0.492. The molecule has 1 saturated carbocycles. The molecular formula is C15H30N4O. The molecule has 3 unspecified atom stereocenters. The summed E-state index contributed by atoms with van der Waals surface area (Å²) in [6, 6.07) is 1.10. The van der Waals surface area contributed by atoms with Gasteiger partial charge in [0.2, 0.25) is 5.91 Å². The molecule has 1 heterocycles. The summed E-state index contributed by atoms with van der Waals surface area (Å²) in [7, 11) is 1.87. The summed E-state index contributed by atoms with van der Waals surface area (Å²) < 4.78 is 0. The molecule has 5 nitrogen and oxygen atoms in total. The monoisotopic (exact) mass is 282 g/mol. The fourth-order valence-electron chi connectivity index (χ4n) is 3.96. The number of hydrogen-bond acceptors (Lipinski definition) is 4. The summed E-state index contributed by atoms with van der Waals surface area (Å²) in [6.07, 6.45) is 4.00. The van der Waals surface area contributed by atoms with E-state index < -0.39 is 5.54 Å². The molecule has 3 atom stereocenters. The Bertz CT molecular complexity index is 349. The molecule has 2 rings (SSSR count). The first kappa shape index (κ1) is 15.7. The summed E-state index contributed by atoms with van der Waals surface area (Å²) in [5.74, 6) is -0.190. The predicted molar refractivity (Wildman–Crippen MR) is 81.5 cm³/mol. The first-order valence-corrected chi connectivity index (χ1v) is 7.99. The number of piperazine rings is 1. The first-order valence-electron chi connectivity index (χ1n) is 7.99. The minimum Gasteiger partial charge on any atom is -0.368 e. The SMILES string of the molecule is CCN1CCN(C2CCCC(NC)(C(N)=O)C2)CC1C. The number of nitrogens with two attached hydrogens (primary N) is 1. The highest BCUT2D eigenvalue weighted by molar-refractivity contribution is 5.84. The van der Waals surface area contributed by atoms with E-state index >= 15 is 0 Å². The van der Waals surface area contributed by atoms with Crippen LogP contribution in [0.5, 0.6) is 0 Å². The number of amides is 1. The molecule has 1 aliphatic heterocycles. The highest BCUT2D eigenvalue weighted by Crippen LogP contribution is 2.32. The van der Waals surface area contributed by atoms with Gasteiger partial charge < -0.3 is 11.1 Å². The number of hydrogen-bond donors (Lipinski definition) is 2. The van der Waals surface area contributed by atoms with Crippen molar-refractivity contribution in [2.45, 2.75) is 57.2 Å². The highest BCUT2D eigenvalue weighted by Gasteiger charge is 2.42. The Morgan fingerprint density at radius 1 is 1.45 bits per heavy atom. The third kappa shape index (κ3) is 3.00. The van der Waals surface area contributed by atoms with Crippen LogP contribution in [0.1, 0.15) is 39.5 Å². The maximum absolute atomic E-state index is 11.8. The van der Waals surface area contributed by atoms with Crippen LogP contribution >= 0.6 is 0 Å². The normalized spacial score (nSPS) is 37.0. The van der Waals surface area contributed by atoms with E-state index in [0.29, 0.717) is 12.1 Å². The molecule has 0 spiro atoms. The lowest BCUT2D eigenvalue weighted by atomic mass is 9.77. The zero-order valence-electron chi connectivity index (χ0n) is 13.2. The fraction of sp³-hybridized carbons (Fsp3) is 0.933. The van der Waals surface area contributed by atoms with Crippen molar-refractivity contribution in [1.29, 1.82) is 0 Å². The molecule has 3 N–H and O–H groups in total. The van der Waals surface area contributed by atoms with Gasteiger partial charge >= 0.3 is 0 Å². The number of nitrogens with one attached hydrogen (secondary N) is 1. The van der Waals surface area contributed by atoms with Gasteiger partial charge in [-0.1, -0.05) is 6.92 Å². The maximum Gasteiger partial charge on any atom is 0.237 e. The summed E-state index contributed by atoms with van der Waals surface area (Å²) in [6.45, 7) is 9.01. The molecule has 2 aliphatic rings. The van der Waals surface area contributed by atoms with Crippen LogP contribution in [-0.2, 0) is 4.79 Å². The van der Waals surface area contributed by atoms with E-state index in [1.54, 1.807) is 0 Å². The molecule has 0 aromatic rings. The van der Waals surface area contributed by atoms with Crippen molar-refractivity contribution >= 4 is 5.91 Å². The van der Waals surface area contributed by atoms with Crippen LogP contribution < -0.4 is 11.1 Å². The van der Waals surface area contributed by atoms with Gasteiger partial charge in [-0.3, -0.25) is 14.6 Å². The van der Waals surface area contributed by atoms with Gasteiger partial charge in [-0.25, -0.2) is 0 Å². The molecule has 20 heavy (non-hydrogen) atoms. The average molecular weight is 282 g/mol. The number of rotatable bonds is 4. The van der Waals surface area contributed by atoms with Crippen LogP contribution in [-0.4, -0.2) is 66.6 Å². The standard InChI is InChI=1S/C15H30N4O/c1-4-18-8-9-19(11-12(18)2)13-6-5-7-15(10-13,17-3)14(16)20/h12-13,17H,4-11H2,1-3H3,(H2,16,20). The molecule has 0 aromatic heterocycles. The van der Waals surface area contributed by atoms with Gasteiger partial charge in [-0.15, -0.1) is 0 Å². The predicted octanol–water partition coefficient (Wildman–Crippen LogP) is 0.399. The van der Waals surface area contributed by atoms with Crippen LogP contribution in [0.4, 0.5) is 0 Å². The van der Waals surface area contributed by atoms with Crippen molar-refractivity contribution in [3.63, 3.8) is 0 Å². The molecule has 1 amide bonds. The fourth-order valence-corrected chi connectivity index (χ4v) is 3.96. The molecular weight excluding hydrogens is 252 g/mol. The lowest BCUT2D eigenvalue weighted by molar-refractivity contribution is -0.126. The topological polar surface area (TPSA) is 61.6 Å². The van der Waals surface area contributed by atoms with E-state index in [4.69, 9.17) is 5.73 Å². The first-order chi connectivity index (χ1) is 9.52. The third-order valence-corrected chi connectivity index (χ3v) is 5.39. The van der Waals surface area contributed by atoms with Gasteiger partial charge in [0, 0.05) is 31.7 Å². The van der Waals surface area contributed by atoms with Gasteiger partial charge in [0.05, 0.1) is 5.54 Å². The van der Waals surface area contributed by atoms with Crippen molar-refractivity contribution < 1.29 is 4.79 Å². The smallest absolute Gasteiger partial charge is 0.237 e. The molecule has 2 fully saturated rings. The Hall–Kier alpha value is -0.650. The number of likely N-dealkylation sites (N-methyl/N-ethyl adjacent to an activating group) is 2. The molecule has 1 aliphatic carbocycles. The van der Waals surface area contributed by atoms with E-state index in [-0.39, 0.29) is 5.91 Å².